The number of phenols is 1. The first kappa shape index (κ1) is 22.0. The van der Waals surface area contributed by atoms with Crippen molar-refractivity contribution in [2.24, 2.45) is 5.92 Å². The number of piperidine rings is 1. The third-order valence-corrected chi connectivity index (χ3v) is 5.84. The zero-order chi connectivity index (χ0) is 17.6. The van der Waals surface area contributed by atoms with Gasteiger partial charge >= 0.3 is 0 Å². The van der Waals surface area contributed by atoms with Gasteiger partial charge in [-0.15, -0.1) is 12.4 Å². The Bertz CT molecular complexity index is 548. The molecule has 0 bridgehead atoms. The summed E-state index contributed by atoms with van der Waals surface area (Å²) >= 11 is 0. The molecule has 0 aromatic heterocycles. The maximum atomic E-state index is 12.0. The fraction of sp³-hybridized carbons (Fsp3) is 0.667. The fourth-order valence-electron chi connectivity index (χ4n) is 3.79. The van der Waals surface area contributed by atoms with Gasteiger partial charge in [0.15, 0.2) is 0 Å². The van der Waals surface area contributed by atoms with E-state index in [1.54, 1.807) is 6.07 Å². The first-order valence-corrected chi connectivity index (χ1v) is 9.49. The SMILES string of the molecule is CCCCCC(=O)CCN1CCC(C)(c2cccc(O)c2)C(C)C1.Cl. The summed E-state index contributed by atoms with van der Waals surface area (Å²) in [7, 11) is 0. The van der Waals surface area contributed by atoms with Gasteiger partial charge in [0.05, 0.1) is 0 Å². The molecular formula is C21H34ClNO2. The van der Waals surface area contributed by atoms with Crippen LogP contribution in [0.25, 0.3) is 0 Å². The van der Waals surface area contributed by atoms with Crippen LogP contribution in [0.15, 0.2) is 24.3 Å². The van der Waals surface area contributed by atoms with Crippen LogP contribution in [0, 0.1) is 5.92 Å². The Morgan fingerprint density at radius 2 is 2.08 bits per heavy atom. The van der Waals surface area contributed by atoms with Crippen LogP contribution in [0.4, 0.5) is 0 Å². The Labute approximate surface area is 159 Å². The first-order chi connectivity index (χ1) is 11.5. The summed E-state index contributed by atoms with van der Waals surface area (Å²) in [6.07, 6.45) is 5.89. The number of hydrogen-bond acceptors (Lipinski definition) is 3. The van der Waals surface area contributed by atoms with Crippen molar-refractivity contribution >= 4 is 18.2 Å². The fourth-order valence-corrected chi connectivity index (χ4v) is 3.79. The minimum Gasteiger partial charge on any atom is -0.508 e. The lowest BCUT2D eigenvalue weighted by Gasteiger charge is -2.45. The number of likely N-dealkylation sites (tertiary alicyclic amines) is 1. The first-order valence-electron chi connectivity index (χ1n) is 9.49. The average Bonchev–Trinajstić information content (AvgIpc) is 2.56. The number of hydrogen-bond donors (Lipinski definition) is 1. The highest BCUT2D eigenvalue weighted by Gasteiger charge is 2.37. The number of rotatable bonds is 8. The Morgan fingerprint density at radius 3 is 2.72 bits per heavy atom. The molecule has 0 amide bonds. The largest absolute Gasteiger partial charge is 0.508 e. The number of carbonyl (C=O) groups is 1. The molecular weight excluding hydrogens is 334 g/mol. The molecule has 2 atom stereocenters. The average molecular weight is 368 g/mol. The molecule has 2 unspecified atom stereocenters. The van der Waals surface area contributed by atoms with Gasteiger partial charge in [-0.25, -0.2) is 0 Å². The smallest absolute Gasteiger partial charge is 0.134 e. The number of carbonyl (C=O) groups excluding carboxylic acids is 1. The number of ketones is 1. The number of halogens is 1. The summed E-state index contributed by atoms with van der Waals surface area (Å²) in [5.74, 6) is 1.27. The van der Waals surface area contributed by atoms with Gasteiger partial charge in [0.2, 0.25) is 0 Å². The quantitative estimate of drug-likeness (QED) is 0.660. The van der Waals surface area contributed by atoms with Crippen molar-refractivity contribution in [2.75, 3.05) is 19.6 Å². The van der Waals surface area contributed by atoms with Crippen molar-refractivity contribution in [3.05, 3.63) is 29.8 Å². The minimum absolute atomic E-state index is 0. The topological polar surface area (TPSA) is 40.5 Å². The van der Waals surface area contributed by atoms with Gasteiger partial charge in [0.1, 0.15) is 11.5 Å². The molecule has 2 rings (SSSR count). The van der Waals surface area contributed by atoms with Gasteiger partial charge in [-0.05, 0) is 48.4 Å². The Morgan fingerprint density at radius 1 is 1.32 bits per heavy atom. The highest BCUT2D eigenvalue weighted by Crippen LogP contribution is 2.40. The van der Waals surface area contributed by atoms with E-state index in [9.17, 15) is 9.90 Å². The third-order valence-electron chi connectivity index (χ3n) is 5.84. The molecule has 1 heterocycles. The Hall–Kier alpha value is -1.06. The molecule has 25 heavy (non-hydrogen) atoms. The van der Waals surface area contributed by atoms with Crippen molar-refractivity contribution in [3.63, 3.8) is 0 Å². The summed E-state index contributed by atoms with van der Waals surface area (Å²) in [6, 6.07) is 7.70. The number of unbranched alkanes of at least 4 members (excludes halogenated alkanes) is 2. The van der Waals surface area contributed by atoms with Crippen molar-refractivity contribution in [1.29, 1.82) is 0 Å². The summed E-state index contributed by atoms with van der Waals surface area (Å²) in [5.41, 5.74) is 1.32. The van der Waals surface area contributed by atoms with E-state index in [0.29, 0.717) is 23.9 Å². The van der Waals surface area contributed by atoms with E-state index >= 15 is 0 Å². The second-order valence-electron chi connectivity index (χ2n) is 7.67. The normalized spacial score (nSPS) is 23.9. The summed E-state index contributed by atoms with van der Waals surface area (Å²) in [4.78, 5) is 14.4. The standard InChI is InChI=1S/C21H33NO2.ClH/c1-4-5-6-9-19(23)11-13-22-14-12-21(3,17(2)16-22)18-8-7-10-20(24)15-18;/h7-8,10,15,17,24H,4-6,9,11-14,16H2,1-3H3;1H. The van der Waals surface area contributed by atoms with E-state index in [4.69, 9.17) is 0 Å². The van der Waals surface area contributed by atoms with Gasteiger partial charge in [-0.3, -0.25) is 4.79 Å². The van der Waals surface area contributed by atoms with Gasteiger partial charge in [-0.1, -0.05) is 45.7 Å². The Balaban J connectivity index is 0.00000312. The van der Waals surface area contributed by atoms with Crippen molar-refractivity contribution in [1.82, 2.24) is 4.90 Å². The van der Waals surface area contributed by atoms with E-state index in [1.807, 2.05) is 12.1 Å². The zero-order valence-electron chi connectivity index (χ0n) is 16.0. The molecule has 0 spiro atoms. The van der Waals surface area contributed by atoms with E-state index < -0.39 is 0 Å². The summed E-state index contributed by atoms with van der Waals surface area (Å²) < 4.78 is 0. The molecule has 4 heteroatoms. The van der Waals surface area contributed by atoms with Crippen LogP contribution in [0.5, 0.6) is 5.75 Å². The van der Waals surface area contributed by atoms with Gasteiger partial charge < -0.3 is 10.0 Å². The molecule has 142 valence electrons. The van der Waals surface area contributed by atoms with Gasteiger partial charge in [0, 0.05) is 25.9 Å². The van der Waals surface area contributed by atoms with Crippen LogP contribution < -0.4 is 0 Å². The van der Waals surface area contributed by atoms with Gasteiger partial charge in [0.25, 0.3) is 0 Å². The second kappa shape index (κ2) is 10.2. The van der Waals surface area contributed by atoms with Crippen molar-refractivity contribution in [2.45, 2.75) is 64.7 Å². The van der Waals surface area contributed by atoms with Gasteiger partial charge in [-0.2, -0.15) is 0 Å². The lowest BCUT2D eigenvalue weighted by molar-refractivity contribution is -0.119. The molecule has 0 aliphatic carbocycles. The van der Waals surface area contributed by atoms with Crippen molar-refractivity contribution in [3.8, 4) is 5.75 Å². The highest BCUT2D eigenvalue weighted by atomic mass is 35.5. The Kier molecular flexibility index (Phi) is 8.95. The molecule has 0 radical (unpaired) electrons. The number of aromatic hydroxyl groups is 1. The summed E-state index contributed by atoms with van der Waals surface area (Å²) in [6.45, 7) is 9.71. The monoisotopic (exact) mass is 367 g/mol. The van der Waals surface area contributed by atoms with Crippen molar-refractivity contribution < 1.29 is 9.90 Å². The zero-order valence-corrected chi connectivity index (χ0v) is 16.8. The molecule has 1 saturated heterocycles. The third kappa shape index (κ3) is 6.00. The molecule has 0 saturated carbocycles. The maximum Gasteiger partial charge on any atom is 0.134 e. The van der Waals surface area contributed by atoms with E-state index in [-0.39, 0.29) is 17.8 Å². The van der Waals surface area contributed by atoms with Crippen LogP contribution in [-0.2, 0) is 10.2 Å². The van der Waals surface area contributed by atoms with E-state index in [0.717, 1.165) is 45.3 Å². The molecule has 1 N–H and O–H groups in total. The van der Waals surface area contributed by atoms with E-state index in [2.05, 4.69) is 31.7 Å². The molecule has 1 aromatic rings. The second-order valence-corrected chi connectivity index (χ2v) is 7.67. The predicted octanol–water partition coefficient (Wildman–Crippen LogP) is 4.95. The lowest BCUT2D eigenvalue weighted by Crippen LogP contribution is -2.47. The molecule has 1 aliphatic heterocycles. The van der Waals surface area contributed by atoms with Crippen LogP contribution in [-0.4, -0.2) is 35.4 Å². The number of nitrogens with zero attached hydrogens (tertiary/aromatic N) is 1. The number of phenolic OH excluding ortho intramolecular Hbond substituents is 1. The van der Waals surface area contributed by atoms with Crippen LogP contribution >= 0.6 is 12.4 Å². The molecule has 1 fully saturated rings. The van der Waals surface area contributed by atoms with E-state index in [1.165, 1.54) is 12.0 Å². The molecule has 1 aromatic carbocycles. The van der Waals surface area contributed by atoms with Crippen LogP contribution in [0.1, 0.15) is 64.9 Å². The maximum absolute atomic E-state index is 12.0. The summed E-state index contributed by atoms with van der Waals surface area (Å²) in [5, 5.41) is 9.78. The molecule has 1 aliphatic rings. The lowest BCUT2D eigenvalue weighted by atomic mass is 9.68. The molecule has 3 nitrogen and oxygen atoms in total. The number of Topliss-reactive ketones (excluding diaryl/α,β-unsaturated/α-hetero) is 1. The van der Waals surface area contributed by atoms with Crippen LogP contribution in [0.3, 0.4) is 0 Å². The predicted molar refractivity (Wildman–Crippen MR) is 107 cm³/mol. The van der Waals surface area contributed by atoms with Crippen LogP contribution in [0.2, 0.25) is 0 Å². The highest BCUT2D eigenvalue weighted by molar-refractivity contribution is 5.85. The number of benzene rings is 1. The minimum atomic E-state index is 0.